The van der Waals surface area contributed by atoms with Gasteiger partial charge in [-0.3, -0.25) is 0 Å². The molecule has 0 saturated heterocycles. The Labute approximate surface area is 195 Å². The van der Waals surface area contributed by atoms with Crippen molar-refractivity contribution in [2.24, 2.45) is 5.41 Å². The van der Waals surface area contributed by atoms with Crippen molar-refractivity contribution in [3.8, 4) is 0 Å². The van der Waals surface area contributed by atoms with Crippen molar-refractivity contribution in [2.45, 2.75) is 154 Å². The Hall–Kier alpha value is -0.780. The van der Waals surface area contributed by atoms with E-state index in [2.05, 4.69) is 38.1 Å². The van der Waals surface area contributed by atoms with E-state index in [0.717, 1.165) is 6.42 Å². The maximum Gasteiger partial charge on any atom is -0.00470 e. The van der Waals surface area contributed by atoms with Crippen LogP contribution in [-0.2, 0) is 11.8 Å². The van der Waals surface area contributed by atoms with Gasteiger partial charge in [-0.2, -0.15) is 0 Å². The first kappa shape index (κ1) is 24.9. The molecule has 0 heterocycles. The van der Waals surface area contributed by atoms with Gasteiger partial charge in [-0.25, -0.2) is 0 Å². The molecule has 3 rings (SSSR count). The lowest BCUT2D eigenvalue weighted by Crippen LogP contribution is -2.29. The molecular formula is C31H52. The van der Waals surface area contributed by atoms with Gasteiger partial charge in [-0.15, -0.1) is 0 Å². The van der Waals surface area contributed by atoms with Crippen LogP contribution < -0.4 is 0 Å². The quantitative estimate of drug-likeness (QED) is 0.276. The zero-order chi connectivity index (χ0) is 21.8. The van der Waals surface area contributed by atoms with E-state index in [1.807, 2.05) is 0 Å². The number of hydrogen-bond donors (Lipinski definition) is 0. The van der Waals surface area contributed by atoms with E-state index < -0.39 is 0 Å². The molecule has 0 nitrogen and oxygen atoms in total. The highest BCUT2D eigenvalue weighted by Crippen LogP contribution is 2.47. The molecule has 0 unspecified atom stereocenters. The van der Waals surface area contributed by atoms with Crippen molar-refractivity contribution >= 4 is 0 Å². The van der Waals surface area contributed by atoms with Crippen molar-refractivity contribution in [2.75, 3.05) is 0 Å². The van der Waals surface area contributed by atoms with Crippen LogP contribution in [0.15, 0.2) is 24.3 Å². The summed E-state index contributed by atoms with van der Waals surface area (Å²) < 4.78 is 0. The van der Waals surface area contributed by atoms with Crippen LogP contribution in [0, 0.1) is 5.41 Å². The predicted molar refractivity (Wildman–Crippen MR) is 138 cm³/mol. The predicted octanol–water partition coefficient (Wildman–Crippen LogP) is 10.3. The van der Waals surface area contributed by atoms with Crippen LogP contribution in [0.3, 0.4) is 0 Å². The van der Waals surface area contributed by atoms with Crippen LogP contribution in [0.4, 0.5) is 0 Å². The lowest BCUT2D eigenvalue weighted by Gasteiger charge is -2.40. The Balaban J connectivity index is 1.53. The summed E-state index contributed by atoms with van der Waals surface area (Å²) in [4.78, 5) is 0. The third kappa shape index (κ3) is 7.36. The second kappa shape index (κ2) is 13.1. The van der Waals surface area contributed by atoms with Crippen LogP contribution in [0.25, 0.3) is 0 Å². The van der Waals surface area contributed by atoms with E-state index in [4.69, 9.17) is 0 Å². The van der Waals surface area contributed by atoms with E-state index in [1.165, 1.54) is 134 Å². The fraction of sp³-hybridized carbons (Fsp3) is 0.806. The summed E-state index contributed by atoms with van der Waals surface area (Å²) in [6, 6.07) is 9.79. The average Bonchev–Trinajstić information content (AvgIpc) is 2.83. The Bertz CT molecular complexity index is 583. The summed E-state index contributed by atoms with van der Waals surface area (Å²) in [7, 11) is 0. The summed E-state index contributed by atoms with van der Waals surface area (Å²) in [5.41, 5.74) is 4.36. The number of benzene rings is 1. The largest absolute Gasteiger partial charge is 0.0654 e. The molecule has 0 radical (unpaired) electrons. The molecule has 0 atom stereocenters. The van der Waals surface area contributed by atoms with E-state index in [1.54, 1.807) is 5.56 Å². The van der Waals surface area contributed by atoms with Gasteiger partial charge in [0.25, 0.3) is 0 Å². The molecular weight excluding hydrogens is 372 g/mol. The summed E-state index contributed by atoms with van der Waals surface area (Å²) >= 11 is 0. The van der Waals surface area contributed by atoms with Crippen LogP contribution in [0.2, 0.25) is 0 Å². The topological polar surface area (TPSA) is 0 Å². The fourth-order valence-corrected chi connectivity index (χ4v) is 7.00. The highest BCUT2D eigenvalue weighted by atomic mass is 14.4. The number of unbranched alkanes of at least 4 members (excludes halogenated alkanes) is 5. The molecule has 31 heavy (non-hydrogen) atoms. The maximum absolute atomic E-state index is 2.49. The molecule has 0 aliphatic heterocycles. The molecule has 2 aliphatic carbocycles. The molecule has 0 N–H and O–H groups in total. The van der Waals surface area contributed by atoms with Gasteiger partial charge in [-0.05, 0) is 73.3 Å². The SMILES string of the molecule is CCCCCCCC1(CCCCC2(c3ccc(CC)cc3)CCCCC2)CCCCC1. The molecule has 176 valence electrons. The van der Waals surface area contributed by atoms with Gasteiger partial charge < -0.3 is 0 Å². The minimum absolute atomic E-state index is 0.490. The van der Waals surface area contributed by atoms with Gasteiger partial charge in [0.2, 0.25) is 0 Å². The first-order chi connectivity index (χ1) is 15.2. The minimum atomic E-state index is 0.490. The number of rotatable bonds is 13. The second-order valence-corrected chi connectivity index (χ2v) is 11.3. The molecule has 1 aromatic rings. The second-order valence-electron chi connectivity index (χ2n) is 11.3. The molecule has 2 fully saturated rings. The van der Waals surface area contributed by atoms with Crippen LogP contribution in [-0.4, -0.2) is 0 Å². The highest BCUT2D eigenvalue weighted by molar-refractivity contribution is 5.30. The van der Waals surface area contributed by atoms with Crippen molar-refractivity contribution in [3.05, 3.63) is 35.4 Å². The van der Waals surface area contributed by atoms with Gasteiger partial charge in [0.15, 0.2) is 0 Å². The van der Waals surface area contributed by atoms with Gasteiger partial charge in [0.1, 0.15) is 0 Å². The Morgan fingerprint density at radius 3 is 1.74 bits per heavy atom. The Kier molecular flexibility index (Phi) is 10.5. The standard InChI is InChI=1S/C31H52/c1-3-5-6-7-10-21-30(22-11-8-12-23-30)24-15-16-27-31(25-13-9-14-26-31)29-19-17-28(4-2)18-20-29/h17-20H,3-16,21-27H2,1-2H3. The molecule has 0 bridgehead atoms. The molecule has 2 saturated carbocycles. The van der Waals surface area contributed by atoms with Crippen molar-refractivity contribution in [3.63, 3.8) is 0 Å². The lowest BCUT2D eigenvalue weighted by molar-refractivity contribution is 0.144. The lowest BCUT2D eigenvalue weighted by atomic mass is 9.65. The van der Waals surface area contributed by atoms with E-state index in [0.29, 0.717) is 10.8 Å². The zero-order valence-corrected chi connectivity index (χ0v) is 21.2. The smallest absolute Gasteiger partial charge is 0.00470 e. The fourth-order valence-electron chi connectivity index (χ4n) is 7.00. The van der Waals surface area contributed by atoms with E-state index in [-0.39, 0.29) is 0 Å². The third-order valence-corrected chi connectivity index (χ3v) is 9.12. The molecule has 1 aromatic carbocycles. The van der Waals surface area contributed by atoms with E-state index in [9.17, 15) is 0 Å². The van der Waals surface area contributed by atoms with E-state index >= 15 is 0 Å². The van der Waals surface area contributed by atoms with Crippen molar-refractivity contribution in [1.82, 2.24) is 0 Å². The minimum Gasteiger partial charge on any atom is -0.0654 e. The first-order valence-electron chi connectivity index (χ1n) is 14.3. The van der Waals surface area contributed by atoms with Crippen LogP contribution in [0.1, 0.15) is 153 Å². The average molecular weight is 425 g/mol. The zero-order valence-electron chi connectivity index (χ0n) is 21.2. The summed E-state index contributed by atoms with van der Waals surface area (Å²) in [5, 5.41) is 0. The normalized spacial score (nSPS) is 20.6. The Morgan fingerprint density at radius 1 is 0.581 bits per heavy atom. The van der Waals surface area contributed by atoms with Crippen molar-refractivity contribution in [1.29, 1.82) is 0 Å². The molecule has 0 amide bonds. The highest BCUT2D eigenvalue weighted by Gasteiger charge is 2.34. The van der Waals surface area contributed by atoms with Crippen LogP contribution in [0.5, 0.6) is 0 Å². The number of hydrogen-bond acceptors (Lipinski definition) is 0. The molecule has 0 aromatic heterocycles. The first-order valence-corrected chi connectivity index (χ1v) is 14.3. The Morgan fingerprint density at radius 2 is 1.13 bits per heavy atom. The maximum atomic E-state index is 2.49. The summed E-state index contributed by atoms with van der Waals surface area (Å²) in [6.07, 6.45) is 30.6. The monoisotopic (exact) mass is 424 g/mol. The van der Waals surface area contributed by atoms with Gasteiger partial charge in [0.05, 0.1) is 0 Å². The molecule has 0 spiro atoms. The molecule has 2 aliphatic rings. The van der Waals surface area contributed by atoms with Crippen molar-refractivity contribution < 1.29 is 0 Å². The molecule has 0 heteroatoms. The summed E-state index contributed by atoms with van der Waals surface area (Å²) in [6.45, 7) is 4.61. The van der Waals surface area contributed by atoms with Gasteiger partial charge in [-0.1, -0.05) is 122 Å². The number of aryl methyl sites for hydroxylation is 1. The third-order valence-electron chi connectivity index (χ3n) is 9.12. The van der Waals surface area contributed by atoms with Crippen LogP contribution >= 0.6 is 0 Å². The van der Waals surface area contributed by atoms with Gasteiger partial charge >= 0.3 is 0 Å². The summed E-state index contributed by atoms with van der Waals surface area (Å²) in [5.74, 6) is 0. The van der Waals surface area contributed by atoms with Gasteiger partial charge in [0, 0.05) is 0 Å².